The van der Waals surface area contributed by atoms with Crippen molar-refractivity contribution < 1.29 is 17.9 Å². The summed E-state index contributed by atoms with van der Waals surface area (Å²) in [7, 11) is 0. The summed E-state index contributed by atoms with van der Waals surface area (Å²) in [5.74, 6) is 0.549. The molecule has 0 fully saturated rings. The van der Waals surface area contributed by atoms with Gasteiger partial charge in [0.2, 0.25) is 0 Å². The third kappa shape index (κ3) is 6.49. The molecule has 1 aromatic heterocycles. The first kappa shape index (κ1) is 24.0. The van der Waals surface area contributed by atoms with Gasteiger partial charge in [0.25, 0.3) is 0 Å². The Bertz CT molecular complexity index is 1110. The molecular formula is C27H30F3N3O. The Morgan fingerprint density at radius 1 is 1.09 bits per heavy atom. The molecule has 0 saturated heterocycles. The van der Waals surface area contributed by atoms with E-state index in [2.05, 4.69) is 47.0 Å². The number of halogens is 3. The third-order valence-electron chi connectivity index (χ3n) is 6.33. The highest BCUT2D eigenvalue weighted by atomic mass is 19.4. The molecule has 1 aliphatic carbocycles. The minimum atomic E-state index is -4.70. The lowest BCUT2D eigenvalue weighted by molar-refractivity contribution is -0.274. The van der Waals surface area contributed by atoms with Gasteiger partial charge in [0, 0.05) is 23.5 Å². The fourth-order valence-electron chi connectivity index (χ4n) is 4.45. The summed E-state index contributed by atoms with van der Waals surface area (Å²) in [6.45, 7) is 4.12. The van der Waals surface area contributed by atoms with Crippen molar-refractivity contribution in [3.63, 3.8) is 0 Å². The van der Waals surface area contributed by atoms with Crippen LogP contribution in [0, 0.1) is 12.8 Å². The maximum absolute atomic E-state index is 12.4. The van der Waals surface area contributed by atoms with Gasteiger partial charge in [0.1, 0.15) is 5.75 Å². The predicted octanol–water partition coefficient (Wildman–Crippen LogP) is 7.60. The number of benzene rings is 1. The Hall–Kier alpha value is -3.09. The molecule has 1 aromatic carbocycles. The number of rotatable bonds is 6. The summed E-state index contributed by atoms with van der Waals surface area (Å²) in [6.07, 6.45) is 12.1. The number of allylic oxidation sites excluding steroid dienone is 5. The lowest BCUT2D eigenvalue weighted by atomic mass is 9.94. The summed E-state index contributed by atoms with van der Waals surface area (Å²) in [6, 6.07) is 7.91. The normalized spacial score (nSPS) is 21.0. The van der Waals surface area contributed by atoms with Gasteiger partial charge in [-0.2, -0.15) is 5.10 Å². The molecule has 180 valence electrons. The van der Waals surface area contributed by atoms with Gasteiger partial charge >= 0.3 is 6.36 Å². The molecule has 0 amide bonds. The molecular weight excluding hydrogens is 439 g/mol. The van der Waals surface area contributed by atoms with Crippen LogP contribution >= 0.6 is 0 Å². The van der Waals surface area contributed by atoms with E-state index in [1.165, 1.54) is 17.7 Å². The van der Waals surface area contributed by atoms with E-state index in [0.717, 1.165) is 55.6 Å². The van der Waals surface area contributed by atoms with Gasteiger partial charge in [-0.1, -0.05) is 30.7 Å². The molecule has 0 radical (unpaired) electrons. The molecule has 0 bridgehead atoms. The molecule has 2 heterocycles. The van der Waals surface area contributed by atoms with Crippen molar-refractivity contribution in [3.8, 4) is 11.4 Å². The zero-order chi connectivity index (χ0) is 24.1. The van der Waals surface area contributed by atoms with Gasteiger partial charge in [0.05, 0.1) is 11.4 Å². The number of aryl methyl sites for hydroxylation is 1. The van der Waals surface area contributed by atoms with Crippen molar-refractivity contribution in [1.29, 1.82) is 0 Å². The van der Waals surface area contributed by atoms with E-state index in [9.17, 15) is 13.2 Å². The van der Waals surface area contributed by atoms with Crippen LogP contribution in [0.15, 0.2) is 71.4 Å². The van der Waals surface area contributed by atoms with Crippen molar-refractivity contribution >= 4 is 5.71 Å². The first-order valence-electron chi connectivity index (χ1n) is 11.8. The summed E-state index contributed by atoms with van der Waals surface area (Å²) >= 11 is 0. The molecule has 0 saturated carbocycles. The van der Waals surface area contributed by atoms with E-state index < -0.39 is 6.36 Å². The molecule has 0 spiro atoms. The van der Waals surface area contributed by atoms with Crippen LogP contribution < -0.4 is 4.74 Å². The first-order valence-corrected chi connectivity index (χ1v) is 11.8. The summed E-state index contributed by atoms with van der Waals surface area (Å²) in [5, 5.41) is 4.81. The second-order valence-corrected chi connectivity index (χ2v) is 9.02. The van der Waals surface area contributed by atoms with Crippen LogP contribution in [0.1, 0.15) is 62.8 Å². The zero-order valence-corrected chi connectivity index (χ0v) is 19.6. The van der Waals surface area contributed by atoms with Gasteiger partial charge in [0.15, 0.2) is 0 Å². The summed E-state index contributed by atoms with van der Waals surface area (Å²) < 4.78 is 43.0. The van der Waals surface area contributed by atoms with Crippen LogP contribution in [0.25, 0.3) is 5.69 Å². The molecule has 34 heavy (non-hydrogen) atoms. The standard InChI is InChI=1S/C27H30F3N3O/c1-19-6-10-23(31-17-16-19)11-8-21-4-3-5-22(9-7-21)26-18-20(2)33(32-26)24-12-14-25(15-13-24)34-27(28,29)30/h4,6,10,12-19,22H,3,5,7-9,11H2,1-2H3. The maximum Gasteiger partial charge on any atom is 0.573 e. The van der Waals surface area contributed by atoms with Crippen LogP contribution in [-0.2, 0) is 0 Å². The molecule has 2 aromatic rings. The SMILES string of the molecule is Cc1cc(C2CCC=C(CCC3=NC=CC(C)C=C3)CC2)nn1-c1ccc(OC(F)(F)F)cc1. The van der Waals surface area contributed by atoms with Crippen LogP contribution in [-0.4, -0.2) is 21.9 Å². The largest absolute Gasteiger partial charge is 0.573 e. The average Bonchev–Trinajstić information content (AvgIpc) is 2.94. The van der Waals surface area contributed by atoms with E-state index >= 15 is 0 Å². The number of hydrogen-bond acceptors (Lipinski definition) is 3. The lowest BCUT2D eigenvalue weighted by Crippen LogP contribution is -2.17. The Balaban J connectivity index is 1.36. The van der Waals surface area contributed by atoms with Crippen LogP contribution in [0.3, 0.4) is 0 Å². The molecule has 0 N–H and O–H groups in total. The number of nitrogens with zero attached hydrogens (tertiary/aromatic N) is 3. The number of ether oxygens (including phenoxy) is 1. The van der Waals surface area contributed by atoms with E-state index in [4.69, 9.17) is 5.10 Å². The third-order valence-corrected chi connectivity index (χ3v) is 6.33. The van der Waals surface area contributed by atoms with Gasteiger partial charge in [-0.25, -0.2) is 4.68 Å². The van der Waals surface area contributed by atoms with Gasteiger partial charge in [-0.15, -0.1) is 13.2 Å². The second kappa shape index (κ2) is 10.5. The Morgan fingerprint density at radius 3 is 2.65 bits per heavy atom. The Morgan fingerprint density at radius 2 is 1.88 bits per heavy atom. The van der Waals surface area contributed by atoms with Crippen LogP contribution in [0.4, 0.5) is 13.2 Å². The van der Waals surface area contributed by atoms with E-state index in [1.54, 1.807) is 16.8 Å². The van der Waals surface area contributed by atoms with E-state index in [-0.39, 0.29) is 5.75 Å². The van der Waals surface area contributed by atoms with Crippen LogP contribution in [0.5, 0.6) is 5.75 Å². The fraction of sp³-hybridized carbons (Fsp3) is 0.407. The van der Waals surface area contributed by atoms with Crippen molar-refractivity contribution in [3.05, 3.63) is 77.8 Å². The van der Waals surface area contributed by atoms with Gasteiger partial charge < -0.3 is 4.74 Å². The molecule has 2 unspecified atom stereocenters. The predicted molar refractivity (Wildman–Crippen MR) is 128 cm³/mol. The van der Waals surface area contributed by atoms with Crippen molar-refractivity contribution in [2.45, 2.75) is 64.7 Å². The van der Waals surface area contributed by atoms with E-state index in [1.807, 2.05) is 13.1 Å². The number of aromatic nitrogens is 2. The highest BCUT2D eigenvalue weighted by Crippen LogP contribution is 2.33. The highest BCUT2D eigenvalue weighted by molar-refractivity contribution is 5.95. The number of hydrogen-bond donors (Lipinski definition) is 0. The fourth-order valence-corrected chi connectivity index (χ4v) is 4.45. The topological polar surface area (TPSA) is 39.4 Å². The van der Waals surface area contributed by atoms with Crippen molar-refractivity contribution in [1.82, 2.24) is 9.78 Å². The Labute approximate surface area is 198 Å². The average molecular weight is 470 g/mol. The molecule has 4 rings (SSSR count). The van der Waals surface area contributed by atoms with Crippen molar-refractivity contribution in [2.75, 3.05) is 0 Å². The van der Waals surface area contributed by atoms with E-state index in [0.29, 0.717) is 17.5 Å². The monoisotopic (exact) mass is 469 g/mol. The summed E-state index contributed by atoms with van der Waals surface area (Å²) in [4.78, 5) is 4.55. The molecule has 7 heteroatoms. The minimum Gasteiger partial charge on any atom is -0.406 e. The lowest BCUT2D eigenvalue weighted by Gasteiger charge is -2.12. The summed E-state index contributed by atoms with van der Waals surface area (Å²) in [5.41, 5.74) is 5.32. The smallest absolute Gasteiger partial charge is 0.406 e. The van der Waals surface area contributed by atoms with Gasteiger partial charge in [-0.3, -0.25) is 4.99 Å². The quantitative estimate of drug-likeness (QED) is 0.409. The molecule has 2 aliphatic rings. The van der Waals surface area contributed by atoms with Gasteiger partial charge in [-0.05, 0) is 87.8 Å². The first-order chi connectivity index (χ1) is 16.3. The molecule has 4 nitrogen and oxygen atoms in total. The maximum atomic E-state index is 12.4. The zero-order valence-electron chi connectivity index (χ0n) is 19.6. The number of aliphatic imine (C=N–C) groups is 1. The Kier molecular flexibility index (Phi) is 7.39. The second-order valence-electron chi connectivity index (χ2n) is 9.02. The highest BCUT2D eigenvalue weighted by Gasteiger charge is 2.31. The number of alkyl halides is 3. The molecule has 2 atom stereocenters. The van der Waals surface area contributed by atoms with Crippen LogP contribution in [0.2, 0.25) is 0 Å². The van der Waals surface area contributed by atoms with Crippen molar-refractivity contribution in [2.24, 2.45) is 10.9 Å². The minimum absolute atomic E-state index is 0.237. The molecule has 1 aliphatic heterocycles.